The number of rotatable bonds is 7. The molecule has 2 unspecified atom stereocenters. The molecule has 0 aliphatic carbocycles. The Morgan fingerprint density at radius 1 is 1.21 bits per heavy atom. The van der Waals surface area contributed by atoms with Gasteiger partial charge in [0.05, 0.1) is 6.10 Å². The van der Waals surface area contributed by atoms with Crippen LogP contribution in [0.2, 0.25) is 0 Å². The van der Waals surface area contributed by atoms with Gasteiger partial charge < -0.3 is 5.11 Å². The highest BCUT2D eigenvalue weighted by Crippen LogP contribution is 2.19. The Labute approximate surface area is 114 Å². The van der Waals surface area contributed by atoms with E-state index in [9.17, 15) is 14.7 Å². The van der Waals surface area contributed by atoms with Crippen molar-refractivity contribution in [1.29, 1.82) is 0 Å². The summed E-state index contributed by atoms with van der Waals surface area (Å²) in [5.41, 5.74) is 1.35. The van der Waals surface area contributed by atoms with Crippen molar-refractivity contribution >= 4 is 11.6 Å². The van der Waals surface area contributed by atoms with Crippen molar-refractivity contribution in [2.45, 2.75) is 32.8 Å². The minimum absolute atomic E-state index is 0.120. The largest absolute Gasteiger partial charge is 0.392 e. The van der Waals surface area contributed by atoms with Gasteiger partial charge in [0, 0.05) is 5.92 Å². The minimum atomic E-state index is -0.795. The highest BCUT2D eigenvalue weighted by molar-refractivity contribution is 5.93. The smallest absolute Gasteiger partial charge is 0.155 e. The lowest BCUT2D eigenvalue weighted by Gasteiger charge is -2.21. The van der Waals surface area contributed by atoms with E-state index in [0.717, 1.165) is 5.56 Å². The highest BCUT2D eigenvalue weighted by Gasteiger charge is 2.25. The fraction of sp³-hybridized carbons (Fsp3) is 0.375. The molecule has 1 aromatic rings. The second kappa shape index (κ2) is 7.00. The molecule has 19 heavy (non-hydrogen) atoms. The van der Waals surface area contributed by atoms with Crippen molar-refractivity contribution in [2.75, 3.05) is 0 Å². The molecule has 3 heteroatoms. The molecule has 0 amide bonds. The fourth-order valence-corrected chi connectivity index (χ4v) is 1.96. The Morgan fingerprint density at radius 2 is 1.79 bits per heavy atom. The Bertz CT molecular complexity index is 462. The number of carbonyl (C=O) groups is 2. The number of aliphatic hydroxyl groups is 1. The van der Waals surface area contributed by atoms with Crippen molar-refractivity contribution < 1.29 is 14.7 Å². The molecule has 0 saturated carbocycles. The maximum absolute atomic E-state index is 11.6. The van der Waals surface area contributed by atoms with Gasteiger partial charge in [0.1, 0.15) is 5.78 Å². The molecule has 0 aliphatic rings. The Kier molecular flexibility index (Phi) is 5.64. The van der Waals surface area contributed by atoms with E-state index in [1.165, 1.54) is 13.8 Å². The van der Waals surface area contributed by atoms with Crippen LogP contribution in [0.25, 0.3) is 0 Å². The Hall–Kier alpha value is -1.74. The third-order valence-corrected chi connectivity index (χ3v) is 3.24. The molecule has 0 bridgehead atoms. The molecule has 0 spiro atoms. The highest BCUT2D eigenvalue weighted by atomic mass is 16.3. The van der Waals surface area contributed by atoms with Gasteiger partial charge in [0.2, 0.25) is 0 Å². The van der Waals surface area contributed by atoms with E-state index in [1.807, 2.05) is 30.3 Å². The molecule has 0 radical (unpaired) electrons. The maximum Gasteiger partial charge on any atom is 0.155 e. The summed E-state index contributed by atoms with van der Waals surface area (Å²) in [6, 6.07) is 9.48. The van der Waals surface area contributed by atoms with Crippen molar-refractivity contribution in [1.82, 2.24) is 0 Å². The molecule has 102 valence electrons. The zero-order valence-corrected chi connectivity index (χ0v) is 11.4. The van der Waals surface area contributed by atoms with Crippen LogP contribution in [0.5, 0.6) is 0 Å². The van der Waals surface area contributed by atoms with E-state index in [1.54, 1.807) is 0 Å². The summed E-state index contributed by atoms with van der Waals surface area (Å²) in [4.78, 5) is 22.8. The second-order valence-electron chi connectivity index (χ2n) is 4.84. The zero-order valence-electron chi connectivity index (χ0n) is 11.4. The molecule has 1 rings (SSSR count). The molecule has 1 aromatic carbocycles. The topological polar surface area (TPSA) is 54.4 Å². The molecule has 0 aromatic heterocycles. The molecule has 2 atom stereocenters. The predicted molar refractivity (Wildman–Crippen MR) is 74.8 cm³/mol. The minimum Gasteiger partial charge on any atom is -0.392 e. The third kappa shape index (κ3) is 4.79. The first kappa shape index (κ1) is 15.3. The second-order valence-corrected chi connectivity index (χ2v) is 4.84. The fourth-order valence-electron chi connectivity index (χ4n) is 1.96. The Morgan fingerprint density at radius 3 is 2.26 bits per heavy atom. The molecular formula is C16H20O3. The molecule has 0 fully saturated rings. The van der Waals surface area contributed by atoms with Crippen LogP contribution in [-0.2, 0) is 16.0 Å². The van der Waals surface area contributed by atoms with Gasteiger partial charge in [0.25, 0.3) is 0 Å². The van der Waals surface area contributed by atoms with E-state index < -0.39 is 12.0 Å². The molecule has 0 heterocycles. The summed E-state index contributed by atoms with van der Waals surface area (Å²) in [7, 11) is 0. The third-order valence-electron chi connectivity index (χ3n) is 3.24. The van der Waals surface area contributed by atoms with Crippen LogP contribution in [0.15, 0.2) is 42.5 Å². The van der Waals surface area contributed by atoms with Gasteiger partial charge in [-0.2, -0.15) is 0 Å². The first-order valence-corrected chi connectivity index (χ1v) is 6.33. The lowest BCUT2D eigenvalue weighted by atomic mass is 9.87. The van der Waals surface area contributed by atoms with Crippen LogP contribution >= 0.6 is 0 Å². The molecule has 3 nitrogen and oxygen atoms in total. The zero-order chi connectivity index (χ0) is 14.4. The van der Waals surface area contributed by atoms with Crippen LogP contribution in [0.1, 0.15) is 25.8 Å². The molecular weight excluding hydrogens is 240 g/mol. The number of Topliss-reactive ketones (excluding diaryl/α,β-unsaturated/α-hetero) is 2. The monoisotopic (exact) mass is 260 g/mol. The first-order valence-electron chi connectivity index (χ1n) is 6.33. The normalized spacial score (nSPS) is 13.6. The summed E-state index contributed by atoms with van der Waals surface area (Å²) < 4.78 is 0. The first-order chi connectivity index (χ1) is 8.91. The van der Waals surface area contributed by atoms with Crippen LogP contribution in [-0.4, -0.2) is 22.8 Å². The van der Waals surface area contributed by atoms with Crippen LogP contribution in [0, 0.1) is 5.92 Å². The van der Waals surface area contributed by atoms with Gasteiger partial charge >= 0.3 is 0 Å². The van der Waals surface area contributed by atoms with Gasteiger partial charge in [-0.25, -0.2) is 0 Å². The number of hydrogen-bond acceptors (Lipinski definition) is 3. The van der Waals surface area contributed by atoms with Crippen LogP contribution < -0.4 is 0 Å². The summed E-state index contributed by atoms with van der Waals surface area (Å²) in [6.45, 7) is 6.51. The van der Waals surface area contributed by atoms with Gasteiger partial charge in [0.15, 0.2) is 5.78 Å². The van der Waals surface area contributed by atoms with E-state index in [2.05, 4.69) is 6.58 Å². The SMILES string of the molecule is C=C(CC(C(C)=O)C(O)Cc1ccccc1)C(C)=O. The summed E-state index contributed by atoms with van der Waals surface area (Å²) >= 11 is 0. The van der Waals surface area contributed by atoms with E-state index >= 15 is 0 Å². The Balaban J connectivity index is 2.73. The number of benzene rings is 1. The van der Waals surface area contributed by atoms with Gasteiger partial charge in [-0.05, 0) is 37.8 Å². The van der Waals surface area contributed by atoms with Gasteiger partial charge in [-0.3, -0.25) is 9.59 Å². The lowest BCUT2D eigenvalue weighted by molar-refractivity contribution is -0.124. The van der Waals surface area contributed by atoms with Crippen molar-refractivity contribution in [2.24, 2.45) is 5.92 Å². The van der Waals surface area contributed by atoms with E-state index in [0.29, 0.717) is 12.0 Å². The van der Waals surface area contributed by atoms with Crippen molar-refractivity contribution in [3.05, 3.63) is 48.0 Å². The lowest BCUT2D eigenvalue weighted by Crippen LogP contribution is -2.29. The molecule has 0 aliphatic heterocycles. The molecule has 1 N–H and O–H groups in total. The van der Waals surface area contributed by atoms with E-state index in [-0.39, 0.29) is 18.0 Å². The quantitative estimate of drug-likeness (QED) is 0.765. The van der Waals surface area contributed by atoms with Crippen LogP contribution in [0.4, 0.5) is 0 Å². The number of aliphatic hydroxyl groups excluding tert-OH is 1. The number of ketones is 2. The van der Waals surface area contributed by atoms with Gasteiger partial charge in [-0.15, -0.1) is 0 Å². The standard InChI is InChI=1S/C16H20O3/c1-11(12(2)17)9-15(13(3)18)16(19)10-14-7-5-4-6-8-14/h4-8,15-16,19H,1,9-10H2,2-3H3. The van der Waals surface area contributed by atoms with Crippen molar-refractivity contribution in [3.63, 3.8) is 0 Å². The summed E-state index contributed by atoms with van der Waals surface area (Å²) in [5, 5.41) is 10.2. The van der Waals surface area contributed by atoms with Crippen LogP contribution in [0.3, 0.4) is 0 Å². The average Bonchev–Trinajstić information content (AvgIpc) is 2.36. The van der Waals surface area contributed by atoms with E-state index in [4.69, 9.17) is 0 Å². The predicted octanol–water partition coefficient (Wildman–Crippen LogP) is 2.33. The number of carbonyl (C=O) groups excluding carboxylic acids is 2. The summed E-state index contributed by atoms with van der Waals surface area (Å²) in [6.07, 6.45) is -0.175. The average molecular weight is 260 g/mol. The van der Waals surface area contributed by atoms with Gasteiger partial charge in [-0.1, -0.05) is 36.9 Å². The maximum atomic E-state index is 11.6. The number of allylic oxidation sites excluding steroid dienone is 1. The number of hydrogen-bond donors (Lipinski definition) is 1. The summed E-state index contributed by atoms with van der Waals surface area (Å²) in [5.74, 6) is -0.833. The molecule has 0 saturated heterocycles. The van der Waals surface area contributed by atoms with Crippen molar-refractivity contribution in [3.8, 4) is 0 Å².